The van der Waals surface area contributed by atoms with Gasteiger partial charge in [-0.1, -0.05) is 36.1 Å². The molecule has 0 aromatic heterocycles. The van der Waals surface area contributed by atoms with E-state index in [4.69, 9.17) is 15.5 Å². The van der Waals surface area contributed by atoms with Crippen molar-refractivity contribution >= 4 is 11.9 Å². The maximum atomic E-state index is 13.7. The van der Waals surface area contributed by atoms with E-state index in [2.05, 4.69) is 30.0 Å². The summed E-state index contributed by atoms with van der Waals surface area (Å²) >= 11 is 0. The van der Waals surface area contributed by atoms with Crippen LogP contribution in [0.5, 0.6) is 0 Å². The van der Waals surface area contributed by atoms with Crippen molar-refractivity contribution in [1.82, 2.24) is 4.90 Å². The number of rotatable bonds is 1. The topological polar surface area (TPSA) is 67.9 Å². The zero-order valence-electron chi connectivity index (χ0n) is 18.0. The third-order valence-electron chi connectivity index (χ3n) is 7.38. The molecule has 1 fully saturated rings. The molecular weight excluding hydrogens is 386 g/mol. The summed E-state index contributed by atoms with van der Waals surface area (Å²) in [6, 6.07) is 16.2. The SMILES string of the molecule is COC1CCC2(CC1)Cc1ccc(C#Cc3ccccc3)cc1C21N=C(N)N(C)C1=O. The second-order valence-corrected chi connectivity index (χ2v) is 8.92. The largest absolute Gasteiger partial charge is 0.381 e. The van der Waals surface area contributed by atoms with Crippen molar-refractivity contribution in [1.29, 1.82) is 0 Å². The van der Waals surface area contributed by atoms with Crippen molar-refractivity contribution in [3.8, 4) is 11.8 Å². The molecule has 2 aromatic carbocycles. The number of guanidine groups is 1. The molecule has 0 saturated heterocycles. The lowest BCUT2D eigenvalue weighted by atomic mass is 9.61. The lowest BCUT2D eigenvalue weighted by Gasteiger charge is -2.45. The molecule has 2 aliphatic carbocycles. The third kappa shape index (κ3) is 2.90. The van der Waals surface area contributed by atoms with Gasteiger partial charge in [0, 0.05) is 30.7 Å². The van der Waals surface area contributed by atoms with Gasteiger partial charge in [0.15, 0.2) is 11.5 Å². The Bertz CT molecular complexity index is 1120. The van der Waals surface area contributed by atoms with Crippen LogP contribution in [0.2, 0.25) is 0 Å². The van der Waals surface area contributed by atoms with Crippen LogP contribution in [0.1, 0.15) is 47.9 Å². The maximum Gasteiger partial charge on any atom is 0.262 e. The van der Waals surface area contributed by atoms with Crippen molar-refractivity contribution in [3.63, 3.8) is 0 Å². The zero-order valence-corrected chi connectivity index (χ0v) is 18.0. The van der Waals surface area contributed by atoms with Crippen LogP contribution in [0.25, 0.3) is 0 Å². The average molecular weight is 414 g/mol. The highest BCUT2D eigenvalue weighted by Crippen LogP contribution is 2.61. The molecule has 2 aromatic rings. The number of benzene rings is 2. The van der Waals surface area contributed by atoms with Gasteiger partial charge in [-0.3, -0.25) is 9.69 Å². The molecule has 2 spiro atoms. The van der Waals surface area contributed by atoms with Gasteiger partial charge >= 0.3 is 0 Å². The lowest BCUT2D eigenvalue weighted by molar-refractivity contribution is -0.137. The van der Waals surface area contributed by atoms with Crippen molar-refractivity contribution in [2.75, 3.05) is 14.2 Å². The molecular formula is C26H27N3O2. The first-order valence-electron chi connectivity index (χ1n) is 10.9. The number of carbonyl (C=O) groups excluding carboxylic acids is 1. The van der Waals surface area contributed by atoms with E-state index < -0.39 is 5.54 Å². The molecule has 0 bridgehead atoms. The smallest absolute Gasteiger partial charge is 0.262 e. The van der Waals surface area contributed by atoms with Crippen LogP contribution < -0.4 is 5.73 Å². The van der Waals surface area contributed by atoms with Gasteiger partial charge in [-0.25, -0.2) is 4.99 Å². The minimum Gasteiger partial charge on any atom is -0.381 e. The van der Waals surface area contributed by atoms with Crippen molar-refractivity contribution < 1.29 is 9.53 Å². The molecule has 31 heavy (non-hydrogen) atoms. The monoisotopic (exact) mass is 413 g/mol. The number of carbonyl (C=O) groups is 1. The minimum atomic E-state index is -0.954. The molecule has 158 valence electrons. The van der Waals surface area contributed by atoms with Crippen LogP contribution in [-0.2, 0) is 21.5 Å². The molecule has 1 atom stereocenters. The van der Waals surface area contributed by atoms with Crippen LogP contribution in [0.15, 0.2) is 53.5 Å². The van der Waals surface area contributed by atoms with Gasteiger partial charge in [0.05, 0.1) is 6.10 Å². The molecule has 5 nitrogen and oxygen atoms in total. The van der Waals surface area contributed by atoms with Crippen LogP contribution in [-0.4, -0.2) is 37.0 Å². The Kier molecular flexibility index (Phi) is 4.64. The fraction of sp³-hybridized carbons (Fsp3) is 0.385. The predicted octanol–water partition coefficient (Wildman–Crippen LogP) is 3.20. The molecule has 0 radical (unpaired) electrons. The standard InChI is InChI=1S/C26H27N3O2/c1-29-23(30)26(28-24(29)27)22-16-19(9-8-18-6-4-3-5-7-18)10-11-20(22)17-25(26)14-12-21(31-2)13-15-25/h3-7,10-11,16,21H,12-15,17H2,1-2H3,(H2,27,28). The average Bonchev–Trinajstić information content (AvgIpc) is 3.20. The Balaban J connectivity index is 1.61. The van der Waals surface area contributed by atoms with Gasteiger partial charge in [-0.05, 0) is 67.5 Å². The Labute approximate surface area is 183 Å². The molecule has 1 heterocycles. The summed E-state index contributed by atoms with van der Waals surface area (Å²) in [7, 11) is 3.49. The summed E-state index contributed by atoms with van der Waals surface area (Å²) in [4.78, 5) is 20.1. The molecule has 3 aliphatic rings. The highest BCUT2D eigenvalue weighted by Gasteiger charge is 2.66. The lowest BCUT2D eigenvalue weighted by Crippen LogP contribution is -2.51. The molecule has 1 aliphatic heterocycles. The minimum absolute atomic E-state index is 0.0206. The molecule has 1 saturated carbocycles. The van der Waals surface area contributed by atoms with Gasteiger partial charge in [0.2, 0.25) is 0 Å². The molecule has 5 heteroatoms. The van der Waals surface area contributed by atoms with E-state index >= 15 is 0 Å². The summed E-state index contributed by atoms with van der Waals surface area (Å²) in [6.07, 6.45) is 4.72. The number of hydrogen-bond acceptors (Lipinski definition) is 4. The number of fused-ring (bicyclic) bond motifs is 3. The summed E-state index contributed by atoms with van der Waals surface area (Å²) < 4.78 is 5.61. The highest BCUT2D eigenvalue weighted by molar-refractivity contribution is 6.08. The molecule has 2 N–H and O–H groups in total. The zero-order chi connectivity index (χ0) is 21.6. The first kappa shape index (κ1) is 19.8. The van der Waals surface area contributed by atoms with Gasteiger partial charge in [0.25, 0.3) is 5.91 Å². The van der Waals surface area contributed by atoms with Crippen molar-refractivity contribution in [2.45, 2.75) is 43.7 Å². The fourth-order valence-corrected chi connectivity index (χ4v) is 5.67. The molecule has 5 rings (SSSR count). The van der Waals surface area contributed by atoms with Crippen LogP contribution in [0.4, 0.5) is 0 Å². The predicted molar refractivity (Wildman–Crippen MR) is 120 cm³/mol. The number of methoxy groups -OCH3 is 1. The van der Waals surface area contributed by atoms with Gasteiger partial charge in [-0.15, -0.1) is 0 Å². The summed E-state index contributed by atoms with van der Waals surface area (Å²) in [5.41, 5.74) is 8.99. The number of ether oxygens (including phenoxy) is 1. The van der Waals surface area contributed by atoms with Gasteiger partial charge in [-0.2, -0.15) is 0 Å². The fourth-order valence-electron chi connectivity index (χ4n) is 5.67. The number of hydrogen-bond donors (Lipinski definition) is 1. The Morgan fingerprint density at radius 1 is 1.10 bits per heavy atom. The van der Waals surface area contributed by atoms with E-state index in [0.29, 0.717) is 5.96 Å². The first-order chi connectivity index (χ1) is 15.0. The second kappa shape index (κ2) is 7.25. The van der Waals surface area contributed by atoms with Crippen molar-refractivity contribution in [3.05, 3.63) is 70.8 Å². The third-order valence-corrected chi connectivity index (χ3v) is 7.38. The van der Waals surface area contributed by atoms with E-state index in [1.165, 1.54) is 10.5 Å². The summed E-state index contributed by atoms with van der Waals surface area (Å²) in [5.74, 6) is 6.77. The number of nitrogens with two attached hydrogens (primary N) is 1. The number of amides is 1. The van der Waals surface area contributed by atoms with Gasteiger partial charge in [0.1, 0.15) is 0 Å². The normalized spacial score (nSPS) is 29.1. The van der Waals surface area contributed by atoms with Crippen LogP contribution in [0.3, 0.4) is 0 Å². The number of likely N-dealkylation sites (N-methyl/N-ethyl adjacent to an activating group) is 1. The van der Waals surface area contributed by atoms with Gasteiger partial charge < -0.3 is 10.5 Å². The quantitative estimate of drug-likeness (QED) is 0.730. The highest BCUT2D eigenvalue weighted by atomic mass is 16.5. The van der Waals surface area contributed by atoms with E-state index in [1.54, 1.807) is 14.2 Å². The van der Waals surface area contributed by atoms with E-state index in [1.807, 2.05) is 30.3 Å². The Hall–Kier alpha value is -3.10. The maximum absolute atomic E-state index is 13.7. The Morgan fingerprint density at radius 2 is 1.81 bits per heavy atom. The first-order valence-corrected chi connectivity index (χ1v) is 10.9. The van der Waals surface area contributed by atoms with Crippen LogP contribution in [0, 0.1) is 17.3 Å². The van der Waals surface area contributed by atoms with Crippen LogP contribution >= 0.6 is 0 Å². The van der Waals surface area contributed by atoms with E-state index in [0.717, 1.165) is 48.8 Å². The molecule has 1 amide bonds. The Morgan fingerprint density at radius 3 is 2.45 bits per heavy atom. The summed E-state index contributed by atoms with van der Waals surface area (Å²) in [5, 5.41) is 0. The molecule has 1 unspecified atom stereocenters. The van der Waals surface area contributed by atoms with E-state index in [9.17, 15) is 4.79 Å². The second-order valence-electron chi connectivity index (χ2n) is 8.92. The number of nitrogens with zero attached hydrogens (tertiary/aromatic N) is 2. The summed E-state index contributed by atoms with van der Waals surface area (Å²) in [6.45, 7) is 0. The van der Waals surface area contributed by atoms with E-state index in [-0.39, 0.29) is 17.4 Å². The number of aliphatic imine (C=N–C) groups is 1. The van der Waals surface area contributed by atoms with Crippen molar-refractivity contribution in [2.24, 2.45) is 16.1 Å².